The van der Waals surface area contributed by atoms with E-state index >= 15 is 0 Å². The molecule has 1 aromatic rings. The van der Waals surface area contributed by atoms with Gasteiger partial charge in [-0.3, -0.25) is 0 Å². The second-order valence-electron chi connectivity index (χ2n) is 4.88. The van der Waals surface area contributed by atoms with E-state index in [9.17, 15) is 14.7 Å². The van der Waals surface area contributed by atoms with E-state index in [-0.39, 0.29) is 6.42 Å². The number of urea groups is 1. The lowest BCUT2D eigenvalue weighted by Crippen LogP contribution is -2.48. The lowest BCUT2D eigenvalue weighted by Gasteiger charge is -2.17. The highest BCUT2D eigenvalue weighted by atomic mass is 16.4. The number of carboxylic acid groups (broad SMARTS) is 1. The molecule has 2 amide bonds. The highest BCUT2D eigenvalue weighted by Gasteiger charge is 2.20. The molecule has 3 N–H and O–H groups in total. The Balaban J connectivity index is 2.43. The first kappa shape index (κ1) is 17.0. The van der Waals surface area contributed by atoms with Gasteiger partial charge in [0.15, 0.2) is 0 Å². The second-order valence-corrected chi connectivity index (χ2v) is 4.88. The molecule has 0 unspecified atom stereocenters. The van der Waals surface area contributed by atoms with Crippen LogP contribution < -0.4 is 10.6 Å². The van der Waals surface area contributed by atoms with Crippen molar-refractivity contribution in [2.75, 3.05) is 26.7 Å². The van der Waals surface area contributed by atoms with E-state index in [1.165, 1.54) is 0 Å². The van der Waals surface area contributed by atoms with E-state index < -0.39 is 18.0 Å². The summed E-state index contributed by atoms with van der Waals surface area (Å²) in [5.41, 5.74) is 0.871. The molecule has 0 aliphatic heterocycles. The number of amides is 2. The number of hydrogen-bond acceptors (Lipinski definition) is 3. The predicted octanol–water partition coefficient (Wildman–Crippen LogP) is 0.933. The van der Waals surface area contributed by atoms with Crippen molar-refractivity contribution in [2.45, 2.75) is 19.4 Å². The number of nitrogens with zero attached hydrogens (tertiary/aromatic N) is 1. The van der Waals surface area contributed by atoms with Crippen LogP contribution in [0.3, 0.4) is 0 Å². The van der Waals surface area contributed by atoms with Crippen LogP contribution in [0.2, 0.25) is 0 Å². The summed E-state index contributed by atoms with van der Waals surface area (Å²) in [7, 11) is 1.95. The molecule has 6 heteroatoms. The average Bonchev–Trinajstić information content (AvgIpc) is 2.47. The van der Waals surface area contributed by atoms with Crippen molar-refractivity contribution < 1.29 is 14.7 Å². The van der Waals surface area contributed by atoms with E-state index in [1.807, 2.05) is 44.3 Å². The molecule has 1 atom stereocenters. The molecule has 1 rings (SSSR count). The molecule has 1 aromatic carbocycles. The smallest absolute Gasteiger partial charge is 0.326 e. The molecule has 0 spiro atoms. The fourth-order valence-electron chi connectivity index (χ4n) is 1.78. The Kier molecular flexibility index (Phi) is 7.25. The van der Waals surface area contributed by atoms with Gasteiger partial charge < -0.3 is 20.6 Å². The number of rotatable bonds is 8. The average molecular weight is 293 g/mol. The number of aliphatic carboxylic acids is 1. The molecule has 116 valence electrons. The maximum atomic E-state index is 11.7. The Morgan fingerprint density at radius 2 is 1.95 bits per heavy atom. The first-order valence-electron chi connectivity index (χ1n) is 7.02. The summed E-state index contributed by atoms with van der Waals surface area (Å²) in [5.74, 6) is -1.04. The monoisotopic (exact) mass is 293 g/mol. The lowest BCUT2D eigenvalue weighted by molar-refractivity contribution is -0.139. The number of hydrogen-bond donors (Lipinski definition) is 3. The molecule has 0 fully saturated rings. The molecule has 0 aliphatic rings. The van der Waals surface area contributed by atoms with Crippen LogP contribution in [-0.2, 0) is 11.2 Å². The fourth-order valence-corrected chi connectivity index (χ4v) is 1.78. The van der Waals surface area contributed by atoms with Gasteiger partial charge in [-0.05, 0) is 19.2 Å². The van der Waals surface area contributed by atoms with Gasteiger partial charge in [0.25, 0.3) is 0 Å². The molecule has 6 nitrogen and oxygen atoms in total. The SMILES string of the molecule is CCN(C)CCNC(=O)N[C@@H](Cc1ccccc1)C(=O)O. The van der Waals surface area contributed by atoms with Crippen molar-refractivity contribution in [1.29, 1.82) is 0 Å². The van der Waals surface area contributed by atoms with Gasteiger partial charge in [-0.2, -0.15) is 0 Å². The Hall–Kier alpha value is -2.08. The van der Waals surface area contributed by atoms with Crippen LogP contribution >= 0.6 is 0 Å². The molecule has 0 heterocycles. The first-order valence-corrected chi connectivity index (χ1v) is 7.02. The van der Waals surface area contributed by atoms with Gasteiger partial charge in [-0.1, -0.05) is 37.3 Å². The molecule has 0 bridgehead atoms. The lowest BCUT2D eigenvalue weighted by atomic mass is 10.1. The van der Waals surface area contributed by atoms with E-state index in [0.29, 0.717) is 6.54 Å². The van der Waals surface area contributed by atoms with Crippen LogP contribution in [0.25, 0.3) is 0 Å². The van der Waals surface area contributed by atoms with Gasteiger partial charge in [-0.15, -0.1) is 0 Å². The number of nitrogens with one attached hydrogen (secondary N) is 2. The minimum absolute atomic E-state index is 0.262. The zero-order chi connectivity index (χ0) is 15.7. The zero-order valence-electron chi connectivity index (χ0n) is 12.5. The summed E-state index contributed by atoms with van der Waals surface area (Å²) >= 11 is 0. The van der Waals surface area contributed by atoms with Crippen LogP contribution in [0.1, 0.15) is 12.5 Å². The minimum Gasteiger partial charge on any atom is -0.480 e. The van der Waals surface area contributed by atoms with Gasteiger partial charge in [-0.25, -0.2) is 9.59 Å². The normalized spacial score (nSPS) is 12.0. The van der Waals surface area contributed by atoms with Gasteiger partial charge in [0, 0.05) is 19.5 Å². The third-order valence-electron chi connectivity index (χ3n) is 3.20. The number of likely N-dealkylation sites (N-methyl/N-ethyl adjacent to an activating group) is 1. The topological polar surface area (TPSA) is 81.7 Å². The van der Waals surface area contributed by atoms with E-state index in [2.05, 4.69) is 15.5 Å². The van der Waals surface area contributed by atoms with Crippen molar-refractivity contribution in [3.8, 4) is 0 Å². The first-order chi connectivity index (χ1) is 10.0. The standard InChI is InChI=1S/C15H23N3O3/c1-3-18(2)10-9-16-15(21)17-13(14(19)20)11-12-7-5-4-6-8-12/h4-8,13H,3,9-11H2,1-2H3,(H,19,20)(H2,16,17,21)/t13-/m0/s1. The van der Waals surface area contributed by atoms with Gasteiger partial charge in [0.1, 0.15) is 6.04 Å². The molecular formula is C15H23N3O3. The predicted molar refractivity (Wildman–Crippen MR) is 81.3 cm³/mol. The third-order valence-corrected chi connectivity index (χ3v) is 3.20. The van der Waals surface area contributed by atoms with Crippen molar-refractivity contribution in [2.24, 2.45) is 0 Å². The summed E-state index contributed by atoms with van der Waals surface area (Å²) in [4.78, 5) is 25.0. The number of benzene rings is 1. The van der Waals surface area contributed by atoms with Crippen molar-refractivity contribution >= 4 is 12.0 Å². The summed E-state index contributed by atoms with van der Waals surface area (Å²) in [6.45, 7) is 4.13. The maximum Gasteiger partial charge on any atom is 0.326 e. The fraction of sp³-hybridized carbons (Fsp3) is 0.467. The van der Waals surface area contributed by atoms with E-state index in [1.54, 1.807) is 0 Å². The molecule has 21 heavy (non-hydrogen) atoms. The summed E-state index contributed by atoms with van der Waals surface area (Å²) in [6, 6.07) is 7.84. The van der Waals surface area contributed by atoms with E-state index in [0.717, 1.165) is 18.7 Å². The number of carbonyl (C=O) groups excluding carboxylic acids is 1. The molecule has 0 aliphatic carbocycles. The van der Waals surface area contributed by atoms with E-state index in [4.69, 9.17) is 0 Å². The van der Waals surface area contributed by atoms with Crippen molar-refractivity contribution in [3.63, 3.8) is 0 Å². The molecule has 0 aromatic heterocycles. The van der Waals surface area contributed by atoms with Crippen LogP contribution in [0.4, 0.5) is 4.79 Å². The number of carbonyl (C=O) groups is 2. The highest BCUT2D eigenvalue weighted by Crippen LogP contribution is 2.03. The highest BCUT2D eigenvalue weighted by molar-refractivity contribution is 5.82. The summed E-state index contributed by atoms with van der Waals surface area (Å²) in [6.07, 6.45) is 0.262. The Morgan fingerprint density at radius 1 is 1.29 bits per heavy atom. The van der Waals surface area contributed by atoms with Gasteiger partial charge >= 0.3 is 12.0 Å². The quantitative estimate of drug-likeness (QED) is 0.666. The van der Waals surface area contributed by atoms with Crippen LogP contribution in [-0.4, -0.2) is 54.7 Å². The minimum atomic E-state index is -1.04. The molecular weight excluding hydrogens is 270 g/mol. The molecule has 0 saturated carbocycles. The van der Waals surface area contributed by atoms with Crippen LogP contribution in [0.5, 0.6) is 0 Å². The number of carboxylic acids is 1. The Morgan fingerprint density at radius 3 is 2.52 bits per heavy atom. The maximum absolute atomic E-state index is 11.7. The van der Waals surface area contributed by atoms with Crippen LogP contribution in [0, 0.1) is 0 Å². The summed E-state index contributed by atoms with van der Waals surface area (Å²) in [5, 5.41) is 14.3. The summed E-state index contributed by atoms with van der Waals surface area (Å²) < 4.78 is 0. The second kappa shape index (κ2) is 8.97. The zero-order valence-corrected chi connectivity index (χ0v) is 12.5. The molecule has 0 saturated heterocycles. The van der Waals surface area contributed by atoms with Crippen molar-refractivity contribution in [3.05, 3.63) is 35.9 Å². The van der Waals surface area contributed by atoms with Crippen LogP contribution in [0.15, 0.2) is 30.3 Å². The third kappa shape index (κ3) is 6.76. The Labute approximate surface area is 125 Å². The van der Waals surface area contributed by atoms with Crippen molar-refractivity contribution in [1.82, 2.24) is 15.5 Å². The Bertz CT molecular complexity index is 451. The largest absolute Gasteiger partial charge is 0.480 e. The van der Waals surface area contributed by atoms with Gasteiger partial charge in [0.2, 0.25) is 0 Å². The molecule has 0 radical (unpaired) electrons. The van der Waals surface area contributed by atoms with Gasteiger partial charge in [0.05, 0.1) is 0 Å².